The molecule has 120 valence electrons. The number of hydrogen-bond acceptors (Lipinski definition) is 2. The Bertz CT molecular complexity index is 528. The Morgan fingerprint density at radius 2 is 2.05 bits per heavy atom. The lowest BCUT2D eigenvalue weighted by molar-refractivity contribution is -0.133. The van der Waals surface area contributed by atoms with Gasteiger partial charge in [-0.25, -0.2) is 4.39 Å². The molecule has 0 bridgehead atoms. The Kier molecular flexibility index (Phi) is 4.77. The standard InChI is InChI=1S/C18H25FN2O/c1-13-10-17(15-4-2-3-5-16(15)19)21(12-13)18(22)11-14-6-8-20-9-7-14/h2-5,13-14,17,20H,6-12H2,1H3/t13-,17+/m1/s1. The molecule has 22 heavy (non-hydrogen) atoms. The number of nitrogens with one attached hydrogen (secondary N) is 1. The SMILES string of the molecule is C[C@@H]1C[C@@H](c2ccccc2F)N(C(=O)CC2CCNCC2)C1. The van der Waals surface area contributed by atoms with E-state index in [0.29, 0.717) is 23.8 Å². The van der Waals surface area contributed by atoms with Crippen LogP contribution in [0.3, 0.4) is 0 Å². The summed E-state index contributed by atoms with van der Waals surface area (Å²) >= 11 is 0. The Morgan fingerprint density at radius 3 is 2.77 bits per heavy atom. The number of nitrogens with zero attached hydrogens (tertiary/aromatic N) is 1. The van der Waals surface area contributed by atoms with E-state index >= 15 is 0 Å². The number of rotatable bonds is 3. The van der Waals surface area contributed by atoms with Gasteiger partial charge in [0, 0.05) is 18.5 Å². The predicted molar refractivity (Wildman–Crippen MR) is 84.8 cm³/mol. The molecule has 0 saturated carbocycles. The van der Waals surface area contributed by atoms with E-state index in [4.69, 9.17) is 0 Å². The van der Waals surface area contributed by atoms with E-state index in [2.05, 4.69) is 12.2 Å². The minimum Gasteiger partial charge on any atom is -0.335 e. The highest BCUT2D eigenvalue weighted by Gasteiger charge is 2.36. The van der Waals surface area contributed by atoms with Crippen LogP contribution in [-0.2, 0) is 4.79 Å². The molecule has 1 amide bonds. The van der Waals surface area contributed by atoms with Crippen molar-refractivity contribution in [2.75, 3.05) is 19.6 Å². The van der Waals surface area contributed by atoms with Crippen LogP contribution in [0.4, 0.5) is 4.39 Å². The van der Waals surface area contributed by atoms with Crippen molar-refractivity contribution >= 4 is 5.91 Å². The van der Waals surface area contributed by atoms with Crippen LogP contribution in [-0.4, -0.2) is 30.4 Å². The number of carbonyl (C=O) groups is 1. The second kappa shape index (κ2) is 6.78. The first-order valence-electron chi connectivity index (χ1n) is 8.39. The van der Waals surface area contributed by atoms with Crippen LogP contribution in [0.5, 0.6) is 0 Å². The third-order valence-electron chi connectivity index (χ3n) is 5.02. The topological polar surface area (TPSA) is 32.3 Å². The molecule has 0 spiro atoms. The maximum atomic E-state index is 14.1. The van der Waals surface area contributed by atoms with Crippen LogP contribution in [0.15, 0.2) is 24.3 Å². The van der Waals surface area contributed by atoms with Crippen molar-refractivity contribution in [3.05, 3.63) is 35.6 Å². The normalized spacial score (nSPS) is 26.4. The summed E-state index contributed by atoms with van der Waals surface area (Å²) in [5.74, 6) is 0.915. The van der Waals surface area contributed by atoms with Crippen LogP contribution in [0, 0.1) is 17.7 Å². The van der Waals surface area contributed by atoms with Gasteiger partial charge in [0.25, 0.3) is 0 Å². The molecular weight excluding hydrogens is 279 g/mol. The average molecular weight is 304 g/mol. The van der Waals surface area contributed by atoms with Gasteiger partial charge in [0.15, 0.2) is 0 Å². The first kappa shape index (κ1) is 15.5. The Labute approximate surface area is 131 Å². The summed E-state index contributed by atoms with van der Waals surface area (Å²) in [6.45, 7) is 4.91. The Morgan fingerprint density at radius 1 is 1.32 bits per heavy atom. The summed E-state index contributed by atoms with van der Waals surface area (Å²) < 4.78 is 14.1. The summed E-state index contributed by atoms with van der Waals surface area (Å²) in [4.78, 5) is 14.7. The minimum atomic E-state index is -0.193. The van der Waals surface area contributed by atoms with Crippen LogP contribution in [0.1, 0.15) is 44.2 Å². The number of benzene rings is 1. The molecule has 3 nitrogen and oxygen atoms in total. The van der Waals surface area contributed by atoms with Crippen LogP contribution >= 0.6 is 0 Å². The van der Waals surface area contributed by atoms with E-state index in [1.165, 1.54) is 6.07 Å². The van der Waals surface area contributed by atoms with Gasteiger partial charge in [-0.1, -0.05) is 25.1 Å². The summed E-state index contributed by atoms with van der Waals surface area (Å²) in [6.07, 6.45) is 3.61. The maximum Gasteiger partial charge on any atom is 0.223 e. The first-order valence-corrected chi connectivity index (χ1v) is 8.39. The molecule has 0 aromatic heterocycles. The number of amides is 1. The van der Waals surface area contributed by atoms with E-state index in [1.54, 1.807) is 6.07 Å². The van der Waals surface area contributed by atoms with Crippen molar-refractivity contribution < 1.29 is 9.18 Å². The first-order chi connectivity index (χ1) is 10.6. The van der Waals surface area contributed by atoms with Gasteiger partial charge in [-0.3, -0.25) is 4.79 Å². The lowest BCUT2D eigenvalue weighted by Gasteiger charge is -2.29. The molecule has 2 aliphatic rings. The highest BCUT2D eigenvalue weighted by Crippen LogP contribution is 2.37. The monoisotopic (exact) mass is 304 g/mol. The fraction of sp³-hybridized carbons (Fsp3) is 0.611. The van der Waals surface area contributed by atoms with E-state index in [0.717, 1.165) is 38.9 Å². The molecule has 2 heterocycles. The van der Waals surface area contributed by atoms with Gasteiger partial charge in [-0.2, -0.15) is 0 Å². The van der Waals surface area contributed by atoms with Gasteiger partial charge >= 0.3 is 0 Å². The second-order valence-corrected chi connectivity index (χ2v) is 6.82. The van der Waals surface area contributed by atoms with Crippen molar-refractivity contribution in [2.45, 2.75) is 38.6 Å². The molecule has 2 fully saturated rings. The minimum absolute atomic E-state index is 0.0922. The van der Waals surface area contributed by atoms with Gasteiger partial charge in [0.1, 0.15) is 5.82 Å². The summed E-state index contributed by atoms with van der Waals surface area (Å²) in [5, 5.41) is 3.33. The van der Waals surface area contributed by atoms with Crippen molar-refractivity contribution in [2.24, 2.45) is 11.8 Å². The molecule has 4 heteroatoms. The quantitative estimate of drug-likeness (QED) is 0.930. The van der Waals surface area contributed by atoms with Crippen molar-refractivity contribution in [1.29, 1.82) is 0 Å². The number of halogens is 1. The molecule has 2 aliphatic heterocycles. The van der Waals surface area contributed by atoms with Gasteiger partial charge in [0.05, 0.1) is 6.04 Å². The van der Waals surface area contributed by atoms with Gasteiger partial charge in [-0.15, -0.1) is 0 Å². The van der Waals surface area contributed by atoms with Crippen LogP contribution in [0.25, 0.3) is 0 Å². The summed E-state index contributed by atoms with van der Waals surface area (Å²) in [6, 6.07) is 6.79. The fourth-order valence-corrected chi connectivity index (χ4v) is 3.81. The molecule has 0 unspecified atom stereocenters. The smallest absolute Gasteiger partial charge is 0.223 e. The number of likely N-dealkylation sites (tertiary alicyclic amines) is 1. The predicted octanol–water partition coefficient (Wildman–Crippen LogP) is 3.12. The zero-order valence-corrected chi connectivity index (χ0v) is 13.2. The summed E-state index contributed by atoms with van der Waals surface area (Å²) in [7, 11) is 0. The molecule has 1 aromatic carbocycles. The van der Waals surface area contributed by atoms with E-state index in [9.17, 15) is 9.18 Å². The number of piperidine rings is 1. The molecular formula is C18H25FN2O. The van der Waals surface area contributed by atoms with Crippen LogP contribution < -0.4 is 5.32 Å². The maximum absolute atomic E-state index is 14.1. The van der Waals surface area contributed by atoms with Gasteiger partial charge in [0.2, 0.25) is 5.91 Å². The lowest BCUT2D eigenvalue weighted by Crippen LogP contribution is -2.35. The number of carbonyl (C=O) groups excluding carboxylic acids is 1. The van der Waals surface area contributed by atoms with Crippen molar-refractivity contribution in [3.63, 3.8) is 0 Å². The molecule has 0 radical (unpaired) electrons. The Hall–Kier alpha value is -1.42. The van der Waals surface area contributed by atoms with Crippen molar-refractivity contribution in [3.8, 4) is 0 Å². The largest absolute Gasteiger partial charge is 0.335 e. The highest BCUT2D eigenvalue weighted by molar-refractivity contribution is 5.77. The average Bonchev–Trinajstić information content (AvgIpc) is 2.90. The molecule has 3 rings (SSSR count). The van der Waals surface area contributed by atoms with E-state index in [1.807, 2.05) is 17.0 Å². The highest BCUT2D eigenvalue weighted by atomic mass is 19.1. The van der Waals surface area contributed by atoms with E-state index in [-0.39, 0.29) is 17.8 Å². The lowest BCUT2D eigenvalue weighted by atomic mass is 9.93. The third-order valence-corrected chi connectivity index (χ3v) is 5.02. The molecule has 1 aromatic rings. The molecule has 2 atom stereocenters. The van der Waals surface area contributed by atoms with Crippen molar-refractivity contribution in [1.82, 2.24) is 10.2 Å². The zero-order valence-electron chi connectivity index (χ0n) is 13.2. The molecule has 2 saturated heterocycles. The fourth-order valence-electron chi connectivity index (χ4n) is 3.81. The van der Waals surface area contributed by atoms with Crippen LogP contribution in [0.2, 0.25) is 0 Å². The number of hydrogen-bond donors (Lipinski definition) is 1. The zero-order chi connectivity index (χ0) is 15.5. The molecule has 0 aliphatic carbocycles. The third kappa shape index (κ3) is 3.32. The van der Waals surface area contributed by atoms with E-state index < -0.39 is 0 Å². The summed E-state index contributed by atoms with van der Waals surface area (Å²) in [5.41, 5.74) is 0.672. The second-order valence-electron chi connectivity index (χ2n) is 6.82. The Balaban J connectivity index is 1.72. The van der Waals surface area contributed by atoms with Gasteiger partial charge < -0.3 is 10.2 Å². The molecule has 1 N–H and O–H groups in total. The van der Waals surface area contributed by atoms with Gasteiger partial charge in [-0.05, 0) is 50.3 Å².